The van der Waals surface area contributed by atoms with Crippen molar-refractivity contribution in [2.45, 2.75) is 18.5 Å². The molecule has 4 nitrogen and oxygen atoms in total. The minimum atomic E-state index is -0.643. The third kappa shape index (κ3) is 0.881. The number of hydroxylamine groups is 1. The summed E-state index contributed by atoms with van der Waals surface area (Å²) in [4.78, 5) is 14.1. The zero-order valence-electron chi connectivity index (χ0n) is 12.5. The lowest BCUT2D eigenvalue weighted by Gasteiger charge is -3.08. The number of carbonyl (C=O) groups is 1. The standard InChI is InChI=1S/C18H17FN2O2/c19-9-4-7(17(22)20-23)3-6-1-2-21(5-8(6)9)18-14-11-10-12(14)16(18)13(10)15(11)18/h3-4,10-16,23H,1-2,5H2,(H,20,22). The predicted octanol–water partition coefficient (Wildman–Crippen LogP) is 1.42. The van der Waals surface area contributed by atoms with Crippen LogP contribution in [-0.4, -0.2) is 28.1 Å². The van der Waals surface area contributed by atoms with E-state index >= 15 is 0 Å². The van der Waals surface area contributed by atoms with E-state index in [1.54, 1.807) is 11.5 Å². The molecule has 2 N–H and O–H groups in total. The van der Waals surface area contributed by atoms with Crippen LogP contribution in [-0.2, 0) is 13.0 Å². The Hall–Kier alpha value is -1.46. The maximum atomic E-state index is 14.5. The van der Waals surface area contributed by atoms with Crippen LogP contribution in [0.15, 0.2) is 12.1 Å². The van der Waals surface area contributed by atoms with E-state index in [1.165, 1.54) is 6.07 Å². The molecule has 5 heteroatoms. The van der Waals surface area contributed by atoms with Crippen molar-refractivity contribution >= 4 is 5.91 Å². The Labute approximate surface area is 132 Å². The first-order valence-electron chi connectivity index (χ1n) is 8.70. The number of fused-ring (bicyclic) bond motifs is 1. The summed E-state index contributed by atoms with van der Waals surface area (Å²) >= 11 is 0. The number of nitrogens with one attached hydrogen (secondary N) is 1. The monoisotopic (exact) mass is 312 g/mol. The van der Waals surface area contributed by atoms with E-state index < -0.39 is 5.91 Å². The molecule has 0 bridgehead atoms. The zero-order valence-corrected chi connectivity index (χ0v) is 12.5. The van der Waals surface area contributed by atoms with Crippen molar-refractivity contribution in [1.82, 2.24) is 10.4 Å². The molecule has 6 fully saturated rings. The van der Waals surface area contributed by atoms with Crippen molar-refractivity contribution in [2.75, 3.05) is 6.54 Å². The van der Waals surface area contributed by atoms with E-state index in [0.29, 0.717) is 12.1 Å². The zero-order chi connectivity index (χ0) is 15.2. The largest absolute Gasteiger partial charge is 0.292 e. The van der Waals surface area contributed by atoms with Crippen LogP contribution < -0.4 is 5.48 Å². The molecular weight excluding hydrogens is 295 g/mol. The van der Waals surface area contributed by atoms with Gasteiger partial charge < -0.3 is 0 Å². The minimum Gasteiger partial charge on any atom is -0.292 e. The van der Waals surface area contributed by atoms with Crippen molar-refractivity contribution in [3.8, 4) is 0 Å². The fourth-order valence-corrected chi connectivity index (χ4v) is 8.15. The highest BCUT2D eigenvalue weighted by atomic mass is 19.1. The summed E-state index contributed by atoms with van der Waals surface area (Å²) in [6.45, 7) is 1.68. The lowest BCUT2D eigenvalue weighted by Crippen LogP contribution is -3.11. The van der Waals surface area contributed by atoms with Crippen LogP contribution in [0.5, 0.6) is 0 Å². The number of benzene rings is 1. The highest BCUT2D eigenvalue weighted by molar-refractivity contribution is 5.93. The Kier molecular flexibility index (Phi) is 1.66. The quantitative estimate of drug-likeness (QED) is 0.641. The Morgan fingerprint density at radius 2 is 1.91 bits per heavy atom. The number of hydrogen-bond acceptors (Lipinski definition) is 3. The van der Waals surface area contributed by atoms with E-state index in [9.17, 15) is 9.18 Å². The Bertz CT molecular complexity index is 771. The Morgan fingerprint density at radius 1 is 1.22 bits per heavy atom. The smallest absolute Gasteiger partial charge is 0.274 e. The third-order valence-electron chi connectivity index (χ3n) is 8.62. The van der Waals surface area contributed by atoms with E-state index in [1.807, 2.05) is 0 Å². The number of carbonyl (C=O) groups excluding carboxylic acids is 1. The summed E-state index contributed by atoms with van der Waals surface area (Å²) in [6, 6.07) is 2.99. The van der Waals surface area contributed by atoms with Gasteiger partial charge in [-0.05, 0) is 65.5 Å². The highest BCUT2D eigenvalue weighted by Gasteiger charge is 3.05. The van der Waals surface area contributed by atoms with Crippen molar-refractivity contribution < 1.29 is 14.4 Å². The molecule has 0 atom stereocenters. The second-order valence-corrected chi connectivity index (χ2v) is 8.48. The van der Waals surface area contributed by atoms with Crippen LogP contribution in [0.4, 0.5) is 4.39 Å². The average molecular weight is 312 g/mol. The summed E-state index contributed by atoms with van der Waals surface area (Å²) in [7, 11) is 0. The van der Waals surface area contributed by atoms with Crippen LogP contribution in [0, 0.1) is 47.2 Å². The number of nitrogens with zero attached hydrogens (tertiary/aromatic N) is 1. The topological polar surface area (TPSA) is 52.6 Å². The first-order valence-corrected chi connectivity index (χ1v) is 8.70. The second kappa shape index (κ2) is 3.20. The molecule has 1 aliphatic heterocycles. The van der Waals surface area contributed by atoms with Gasteiger partial charge >= 0.3 is 0 Å². The minimum absolute atomic E-state index is 0.202. The third-order valence-corrected chi connectivity index (χ3v) is 8.62. The van der Waals surface area contributed by atoms with Gasteiger partial charge in [-0.15, -0.1) is 0 Å². The first kappa shape index (κ1) is 12.0. The highest BCUT2D eigenvalue weighted by Crippen LogP contribution is 3.03. The molecule has 0 unspecified atom stereocenters. The molecule has 0 saturated heterocycles. The summed E-state index contributed by atoms with van der Waals surface area (Å²) < 4.78 is 14.5. The summed E-state index contributed by atoms with van der Waals surface area (Å²) in [5.74, 6) is 6.10. The molecular formula is C18H17FN2O2. The molecule has 0 radical (unpaired) electrons. The van der Waals surface area contributed by atoms with Crippen molar-refractivity contribution in [3.63, 3.8) is 0 Å². The summed E-state index contributed by atoms with van der Waals surface area (Å²) in [6.07, 6.45) is 0.802. The molecule has 118 valence electrons. The van der Waals surface area contributed by atoms with E-state index in [2.05, 4.69) is 4.90 Å². The van der Waals surface area contributed by atoms with Gasteiger partial charge in [0.05, 0.1) is 0 Å². The van der Waals surface area contributed by atoms with Crippen LogP contribution in [0.2, 0.25) is 0 Å². The average Bonchev–Trinajstić information content (AvgIpc) is 2.60. The molecule has 0 aromatic heterocycles. The number of amides is 1. The molecule has 1 heterocycles. The lowest BCUT2D eigenvalue weighted by molar-refractivity contribution is -0.602. The van der Waals surface area contributed by atoms with Crippen LogP contribution in [0.25, 0.3) is 0 Å². The van der Waals surface area contributed by atoms with Crippen LogP contribution in [0.1, 0.15) is 21.5 Å². The van der Waals surface area contributed by atoms with E-state index in [0.717, 1.165) is 65.5 Å². The molecule has 23 heavy (non-hydrogen) atoms. The van der Waals surface area contributed by atoms with Crippen LogP contribution >= 0.6 is 0 Å². The molecule has 1 aromatic carbocycles. The molecule has 7 aliphatic rings. The van der Waals surface area contributed by atoms with Gasteiger partial charge in [-0.3, -0.25) is 14.9 Å². The molecule has 1 aromatic rings. The Morgan fingerprint density at radius 3 is 2.57 bits per heavy atom. The van der Waals surface area contributed by atoms with E-state index in [4.69, 9.17) is 5.21 Å². The van der Waals surface area contributed by atoms with Gasteiger partial charge in [0.25, 0.3) is 5.91 Å². The SMILES string of the molecule is O=C(NO)c1cc(F)c2c(c1)CCN(C13C4C5C6C4C1C6C53)C2. The van der Waals surface area contributed by atoms with Crippen molar-refractivity contribution in [3.05, 3.63) is 34.6 Å². The van der Waals surface area contributed by atoms with Crippen LogP contribution in [0.3, 0.4) is 0 Å². The molecule has 6 aliphatic carbocycles. The fraction of sp³-hybridized carbons (Fsp3) is 0.611. The normalized spacial score (nSPS) is 52.0. The summed E-state index contributed by atoms with van der Waals surface area (Å²) in [5, 5.41) is 8.74. The second-order valence-electron chi connectivity index (χ2n) is 8.48. The first-order chi connectivity index (χ1) is 11.2. The van der Waals surface area contributed by atoms with Gasteiger partial charge in [0, 0.05) is 29.8 Å². The Balaban J connectivity index is 1.24. The lowest BCUT2D eigenvalue weighted by atomic mass is 8.98. The summed E-state index contributed by atoms with van der Waals surface area (Å²) in [5.41, 5.74) is 3.94. The van der Waals surface area contributed by atoms with Gasteiger partial charge in [-0.25, -0.2) is 9.87 Å². The predicted molar refractivity (Wildman–Crippen MR) is 76.9 cm³/mol. The number of hydrogen-bond donors (Lipinski definition) is 2. The van der Waals surface area contributed by atoms with Gasteiger partial charge in [-0.2, -0.15) is 0 Å². The van der Waals surface area contributed by atoms with Crippen molar-refractivity contribution in [1.29, 1.82) is 0 Å². The fourth-order valence-electron chi connectivity index (χ4n) is 8.15. The molecule has 0 spiro atoms. The van der Waals surface area contributed by atoms with Crippen molar-refractivity contribution in [2.24, 2.45) is 41.4 Å². The molecule has 6 saturated carbocycles. The molecule has 1 amide bonds. The maximum absolute atomic E-state index is 14.5. The van der Waals surface area contributed by atoms with Gasteiger partial charge in [0.2, 0.25) is 0 Å². The van der Waals surface area contributed by atoms with Gasteiger partial charge in [0.15, 0.2) is 0 Å². The van der Waals surface area contributed by atoms with Gasteiger partial charge in [-0.1, -0.05) is 0 Å². The number of halogens is 1. The van der Waals surface area contributed by atoms with Gasteiger partial charge in [0.1, 0.15) is 5.82 Å². The molecule has 8 rings (SSSR count). The number of rotatable bonds is 2. The maximum Gasteiger partial charge on any atom is 0.274 e. The van der Waals surface area contributed by atoms with E-state index in [-0.39, 0.29) is 11.4 Å².